The van der Waals surface area contributed by atoms with E-state index in [1.54, 1.807) is 0 Å². The van der Waals surface area contributed by atoms with E-state index in [9.17, 15) is 9.90 Å². The number of carbonyl (C=O) groups is 1. The molecule has 0 saturated carbocycles. The van der Waals surface area contributed by atoms with E-state index in [0.717, 1.165) is 12.0 Å². The molecule has 3 heterocycles. The summed E-state index contributed by atoms with van der Waals surface area (Å²) >= 11 is 0. The Morgan fingerprint density at radius 3 is 2.79 bits per heavy atom. The first-order chi connectivity index (χ1) is 11.3. The van der Waals surface area contributed by atoms with E-state index in [4.69, 9.17) is 9.47 Å². The van der Waals surface area contributed by atoms with Crippen LogP contribution in [0, 0.1) is 23.7 Å². The van der Waals surface area contributed by atoms with Crippen LogP contribution < -0.4 is 0 Å². The fourth-order valence-electron chi connectivity index (χ4n) is 5.50. The Kier molecular flexibility index (Phi) is 3.79. The molecule has 0 aromatic heterocycles. The third-order valence-corrected chi connectivity index (χ3v) is 6.83. The van der Waals surface area contributed by atoms with Crippen molar-refractivity contribution in [2.24, 2.45) is 23.7 Å². The minimum absolute atomic E-state index is 0.0635. The first-order valence-corrected chi connectivity index (χ1v) is 9.18. The Labute approximate surface area is 143 Å². The highest BCUT2D eigenvalue weighted by molar-refractivity contribution is 5.94. The molecule has 0 spiro atoms. The van der Waals surface area contributed by atoms with Gasteiger partial charge in [-0.3, -0.25) is 4.79 Å². The molecule has 132 valence electrons. The zero-order valence-electron chi connectivity index (χ0n) is 15.0. The molecule has 0 aromatic rings. The molecular weight excluding hydrogens is 304 g/mol. The van der Waals surface area contributed by atoms with Gasteiger partial charge in [-0.05, 0) is 45.6 Å². The first kappa shape index (κ1) is 16.5. The number of carbonyl (C=O) groups excluding carboxylic acids is 1. The van der Waals surface area contributed by atoms with Crippen LogP contribution in [0.15, 0.2) is 23.3 Å². The second-order valence-corrected chi connectivity index (χ2v) is 8.49. The summed E-state index contributed by atoms with van der Waals surface area (Å²) in [5.41, 5.74) is 1.61. The quantitative estimate of drug-likeness (QED) is 0.693. The van der Waals surface area contributed by atoms with Crippen molar-refractivity contribution < 1.29 is 19.4 Å². The van der Waals surface area contributed by atoms with Crippen molar-refractivity contribution in [2.45, 2.75) is 64.4 Å². The third kappa shape index (κ3) is 2.19. The van der Waals surface area contributed by atoms with Crippen LogP contribution >= 0.6 is 0 Å². The number of fused-ring (bicyclic) bond motifs is 2. The fraction of sp³-hybridized carbons (Fsp3) is 0.750. The van der Waals surface area contributed by atoms with Crippen LogP contribution in [0.4, 0.5) is 0 Å². The van der Waals surface area contributed by atoms with Gasteiger partial charge in [0.25, 0.3) is 0 Å². The molecule has 3 aliphatic heterocycles. The van der Waals surface area contributed by atoms with Crippen molar-refractivity contribution in [3.05, 3.63) is 23.3 Å². The number of rotatable bonds is 0. The normalized spacial score (nSPS) is 53.2. The van der Waals surface area contributed by atoms with Crippen molar-refractivity contribution in [3.8, 4) is 0 Å². The van der Waals surface area contributed by atoms with E-state index in [0.29, 0.717) is 13.0 Å². The second-order valence-electron chi connectivity index (χ2n) is 8.49. The number of allylic oxidation sites excluding steroid dienone is 1. The third-order valence-electron chi connectivity index (χ3n) is 6.83. The standard InChI is InChI=1S/C20H28O4/c1-10-5-6-15(22)20(4)19-18-16(12(3)9-23-20)13(21)8-11(2)17(18)14(7-10)24-19/h5,8,12,14-19,22H,6-7,9H2,1-4H3/b10-5+/t12-,14?,15+,16-,17-,18-,19?,20-/m1/s1. The van der Waals surface area contributed by atoms with Crippen molar-refractivity contribution in [1.82, 2.24) is 0 Å². The Morgan fingerprint density at radius 2 is 2.04 bits per heavy atom. The van der Waals surface area contributed by atoms with Crippen LogP contribution in [0.3, 0.4) is 0 Å². The molecule has 4 rings (SSSR count). The number of aliphatic hydroxyl groups excluding tert-OH is 1. The van der Waals surface area contributed by atoms with Gasteiger partial charge in [-0.2, -0.15) is 0 Å². The Bertz CT molecular complexity index is 621. The van der Waals surface area contributed by atoms with E-state index in [1.807, 2.05) is 13.0 Å². The summed E-state index contributed by atoms with van der Waals surface area (Å²) in [5.74, 6) is 0.641. The van der Waals surface area contributed by atoms with E-state index < -0.39 is 11.7 Å². The van der Waals surface area contributed by atoms with Crippen LogP contribution in [-0.2, 0) is 14.3 Å². The maximum absolute atomic E-state index is 12.8. The lowest BCUT2D eigenvalue weighted by Crippen LogP contribution is -2.54. The molecule has 2 unspecified atom stereocenters. The molecular formula is C20H28O4. The molecule has 0 radical (unpaired) electrons. The molecule has 8 atom stereocenters. The summed E-state index contributed by atoms with van der Waals surface area (Å²) in [6.45, 7) is 8.73. The van der Waals surface area contributed by atoms with Gasteiger partial charge in [0.2, 0.25) is 0 Å². The minimum Gasteiger partial charge on any atom is -0.390 e. The van der Waals surface area contributed by atoms with E-state index >= 15 is 0 Å². The van der Waals surface area contributed by atoms with Crippen molar-refractivity contribution >= 4 is 5.78 Å². The van der Waals surface area contributed by atoms with Crippen LogP contribution in [-0.4, -0.2) is 41.4 Å². The predicted molar refractivity (Wildman–Crippen MR) is 90.4 cm³/mol. The largest absolute Gasteiger partial charge is 0.390 e. The molecule has 4 aliphatic rings. The Hall–Kier alpha value is -0.970. The topological polar surface area (TPSA) is 55.8 Å². The van der Waals surface area contributed by atoms with E-state index in [1.165, 1.54) is 5.57 Å². The van der Waals surface area contributed by atoms with Crippen molar-refractivity contribution in [3.63, 3.8) is 0 Å². The zero-order valence-corrected chi connectivity index (χ0v) is 15.0. The highest BCUT2D eigenvalue weighted by Crippen LogP contribution is 2.54. The molecule has 2 fully saturated rings. The number of hydrogen-bond donors (Lipinski definition) is 1. The Balaban J connectivity index is 1.89. The number of ketones is 1. The molecule has 1 aliphatic carbocycles. The second kappa shape index (κ2) is 5.52. The van der Waals surface area contributed by atoms with Gasteiger partial charge in [-0.15, -0.1) is 0 Å². The summed E-state index contributed by atoms with van der Waals surface area (Å²) in [7, 11) is 0. The lowest BCUT2D eigenvalue weighted by atomic mass is 9.63. The maximum Gasteiger partial charge on any atom is 0.159 e. The molecule has 0 aromatic carbocycles. The molecule has 0 amide bonds. The smallest absolute Gasteiger partial charge is 0.159 e. The molecule has 24 heavy (non-hydrogen) atoms. The predicted octanol–water partition coefficient (Wildman–Crippen LogP) is 2.66. The molecule has 2 bridgehead atoms. The number of hydrogen-bond acceptors (Lipinski definition) is 4. The first-order valence-electron chi connectivity index (χ1n) is 9.18. The van der Waals surface area contributed by atoms with Crippen molar-refractivity contribution in [1.29, 1.82) is 0 Å². The lowest BCUT2D eigenvalue weighted by Gasteiger charge is -2.41. The van der Waals surface area contributed by atoms with Crippen LogP contribution in [0.25, 0.3) is 0 Å². The molecule has 4 nitrogen and oxygen atoms in total. The van der Waals surface area contributed by atoms with Gasteiger partial charge in [0.15, 0.2) is 5.78 Å². The van der Waals surface area contributed by atoms with Crippen molar-refractivity contribution in [2.75, 3.05) is 6.61 Å². The zero-order chi connectivity index (χ0) is 17.2. The average Bonchev–Trinajstić information content (AvgIpc) is 2.85. The van der Waals surface area contributed by atoms with Gasteiger partial charge >= 0.3 is 0 Å². The summed E-state index contributed by atoms with van der Waals surface area (Å²) in [5, 5.41) is 10.9. The molecule has 1 N–H and O–H groups in total. The van der Waals surface area contributed by atoms with Gasteiger partial charge < -0.3 is 14.6 Å². The SMILES string of the molecule is CC1=CC(=O)[C@@H]2[C@H]3C4OC(C/C(C)=C/C[C@H](O)[C@@]4(C)OC[C@H]2C)[C@@H]13. The van der Waals surface area contributed by atoms with Crippen LogP contribution in [0.2, 0.25) is 0 Å². The molecule has 2 saturated heterocycles. The van der Waals surface area contributed by atoms with E-state index in [-0.39, 0.29) is 41.7 Å². The monoisotopic (exact) mass is 332 g/mol. The summed E-state index contributed by atoms with van der Waals surface area (Å²) in [6, 6.07) is 0. The van der Waals surface area contributed by atoms with E-state index in [2.05, 4.69) is 26.8 Å². The highest BCUT2D eigenvalue weighted by Gasteiger charge is 2.62. The van der Waals surface area contributed by atoms with Crippen LogP contribution in [0.5, 0.6) is 0 Å². The summed E-state index contributed by atoms with van der Waals surface area (Å²) in [6.07, 6.45) is 4.62. The minimum atomic E-state index is -0.764. The Morgan fingerprint density at radius 1 is 1.29 bits per heavy atom. The van der Waals surface area contributed by atoms with Gasteiger partial charge in [0.05, 0.1) is 24.9 Å². The summed E-state index contributed by atoms with van der Waals surface area (Å²) in [4.78, 5) is 12.8. The van der Waals surface area contributed by atoms with Crippen LogP contribution in [0.1, 0.15) is 40.5 Å². The van der Waals surface area contributed by atoms with Gasteiger partial charge in [-0.1, -0.05) is 24.1 Å². The summed E-state index contributed by atoms with van der Waals surface area (Å²) < 4.78 is 12.8. The fourth-order valence-corrected chi connectivity index (χ4v) is 5.50. The molecule has 4 heteroatoms. The van der Waals surface area contributed by atoms with Gasteiger partial charge in [0.1, 0.15) is 5.60 Å². The number of aliphatic hydroxyl groups is 1. The average molecular weight is 332 g/mol. The lowest BCUT2D eigenvalue weighted by molar-refractivity contribution is -0.183. The van der Waals surface area contributed by atoms with Gasteiger partial charge in [-0.25, -0.2) is 0 Å². The maximum atomic E-state index is 12.8. The highest BCUT2D eigenvalue weighted by atomic mass is 16.6. The van der Waals surface area contributed by atoms with Gasteiger partial charge in [0, 0.05) is 17.8 Å². The number of ether oxygens (including phenoxy) is 2.